The smallest absolute Gasteiger partial charge is 0.347 e. The molecule has 0 saturated heterocycles. The van der Waals surface area contributed by atoms with Crippen molar-refractivity contribution in [2.24, 2.45) is 22.6 Å². The lowest BCUT2D eigenvalue weighted by Gasteiger charge is -2.49. The molecule has 4 heteroatoms. The Morgan fingerprint density at radius 1 is 1.47 bits per heavy atom. The summed E-state index contributed by atoms with van der Waals surface area (Å²) in [6.07, 6.45) is 9.75. The average Bonchev–Trinajstić information content (AvgIpc) is 2.61. The summed E-state index contributed by atoms with van der Waals surface area (Å²) in [4.78, 5) is 18.0. The molecule has 1 spiro atoms. The van der Waals surface area contributed by atoms with E-state index in [-0.39, 0.29) is 12.1 Å². The van der Waals surface area contributed by atoms with Gasteiger partial charge in [-0.2, -0.15) is 4.99 Å². The van der Waals surface area contributed by atoms with Crippen molar-refractivity contribution in [3.8, 4) is 12.3 Å². The monoisotopic (exact) mass is 261 g/mol. The Hall–Kier alpha value is -1.50. The molecule has 0 aromatic heterocycles. The second-order valence-electron chi connectivity index (χ2n) is 6.01. The van der Waals surface area contributed by atoms with E-state index in [4.69, 9.17) is 12.2 Å². The lowest BCUT2D eigenvalue weighted by Crippen LogP contribution is -2.63. The first-order valence-electron chi connectivity index (χ1n) is 7.09. The van der Waals surface area contributed by atoms with Crippen LogP contribution >= 0.6 is 0 Å². The zero-order valence-corrected chi connectivity index (χ0v) is 12.0. The second-order valence-corrected chi connectivity index (χ2v) is 6.01. The van der Waals surface area contributed by atoms with E-state index in [1.165, 1.54) is 6.42 Å². The highest BCUT2D eigenvalue weighted by Crippen LogP contribution is 2.46. The Balaban J connectivity index is 2.49. The Bertz CT molecular complexity index is 449. The van der Waals surface area contributed by atoms with Gasteiger partial charge in [0.2, 0.25) is 0 Å². The van der Waals surface area contributed by atoms with E-state index in [9.17, 15) is 4.79 Å². The van der Waals surface area contributed by atoms with Gasteiger partial charge in [0.15, 0.2) is 0 Å². The fourth-order valence-electron chi connectivity index (χ4n) is 3.82. The highest BCUT2D eigenvalue weighted by Gasteiger charge is 2.56. The number of amides is 2. The average molecular weight is 261 g/mol. The van der Waals surface area contributed by atoms with Gasteiger partial charge in [-0.25, -0.2) is 4.79 Å². The van der Waals surface area contributed by atoms with Gasteiger partial charge >= 0.3 is 6.03 Å². The number of hydrogen-bond acceptors (Lipinski definition) is 2. The molecule has 1 heterocycles. The number of nitrogens with two attached hydrogens (primary N) is 1. The number of aliphatic imine (C=N–C) groups is 1. The van der Waals surface area contributed by atoms with Crippen LogP contribution in [0.3, 0.4) is 0 Å². The molecule has 1 saturated carbocycles. The van der Waals surface area contributed by atoms with Crippen LogP contribution in [0, 0.1) is 24.2 Å². The van der Waals surface area contributed by atoms with Crippen LogP contribution in [-0.4, -0.2) is 28.3 Å². The molecule has 0 radical (unpaired) electrons. The van der Waals surface area contributed by atoms with Gasteiger partial charge in [-0.3, -0.25) is 4.90 Å². The quantitative estimate of drug-likeness (QED) is 0.776. The molecule has 3 atom stereocenters. The van der Waals surface area contributed by atoms with Crippen LogP contribution in [0.5, 0.6) is 0 Å². The molecule has 2 aliphatic rings. The fraction of sp³-hybridized carbons (Fsp3) is 0.733. The number of terminal acetylenes is 1. The predicted octanol–water partition coefficient (Wildman–Crippen LogP) is 2.39. The van der Waals surface area contributed by atoms with Crippen LogP contribution in [-0.2, 0) is 0 Å². The van der Waals surface area contributed by atoms with Gasteiger partial charge < -0.3 is 5.73 Å². The Labute approximate surface area is 115 Å². The van der Waals surface area contributed by atoms with E-state index >= 15 is 0 Å². The molecule has 0 aromatic carbocycles. The molecular weight excluding hydrogens is 238 g/mol. The molecule has 0 bridgehead atoms. The van der Waals surface area contributed by atoms with Crippen molar-refractivity contribution < 1.29 is 4.79 Å². The molecule has 104 valence electrons. The minimum absolute atomic E-state index is 0.267. The van der Waals surface area contributed by atoms with Crippen molar-refractivity contribution in [2.45, 2.75) is 58.0 Å². The number of amidine groups is 1. The van der Waals surface area contributed by atoms with Crippen molar-refractivity contribution in [3.63, 3.8) is 0 Å². The zero-order valence-electron chi connectivity index (χ0n) is 12.0. The molecule has 4 nitrogen and oxygen atoms in total. The summed E-state index contributed by atoms with van der Waals surface area (Å²) in [6, 6.07) is -0.535. The molecule has 2 N–H and O–H groups in total. The molecule has 2 amide bonds. The fourth-order valence-corrected chi connectivity index (χ4v) is 3.82. The first-order valence-corrected chi connectivity index (χ1v) is 7.09. The molecule has 19 heavy (non-hydrogen) atoms. The van der Waals surface area contributed by atoms with E-state index in [1.807, 2.05) is 6.92 Å². The third-order valence-corrected chi connectivity index (χ3v) is 4.67. The van der Waals surface area contributed by atoms with Crippen molar-refractivity contribution in [1.82, 2.24) is 4.90 Å². The highest BCUT2D eigenvalue weighted by atomic mass is 16.2. The van der Waals surface area contributed by atoms with Gasteiger partial charge in [-0.15, -0.1) is 6.42 Å². The summed E-state index contributed by atoms with van der Waals surface area (Å²) in [5.41, 5.74) is 5.72. The van der Waals surface area contributed by atoms with Gasteiger partial charge in [0.1, 0.15) is 11.4 Å². The number of hydrogen-bond donors (Lipinski definition) is 1. The number of carbonyl (C=O) groups excluding carboxylic acids is 1. The van der Waals surface area contributed by atoms with Crippen molar-refractivity contribution >= 4 is 11.9 Å². The van der Waals surface area contributed by atoms with E-state index in [0.717, 1.165) is 19.3 Å². The third-order valence-electron chi connectivity index (χ3n) is 4.67. The first-order chi connectivity index (χ1) is 8.95. The molecule has 2 rings (SSSR count). The predicted molar refractivity (Wildman–Crippen MR) is 76.7 cm³/mol. The van der Waals surface area contributed by atoms with Crippen LogP contribution in [0.4, 0.5) is 4.79 Å². The first kappa shape index (κ1) is 13.9. The molecule has 1 fully saturated rings. The summed E-state index contributed by atoms with van der Waals surface area (Å²) in [5.74, 6) is 3.93. The lowest BCUT2D eigenvalue weighted by molar-refractivity contribution is 0.0595. The van der Waals surface area contributed by atoms with Gasteiger partial charge in [0.25, 0.3) is 0 Å². The van der Waals surface area contributed by atoms with Crippen LogP contribution in [0.1, 0.15) is 46.5 Å². The number of urea groups is 1. The highest BCUT2D eigenvalue weighted by molar-refractivity contribution is 6.06. The Kier molecular flexibility index (Phi) is 3.58. The Morgan fingerprint density at radius 2 is 2.16 bits per heavy atom. The largest absolute Gasteiger partial charge is 0.385 e. The van der Waals surface area contributed by atoms with Crippen LogP contribution in [0.15, 0.2) is 4.99 Å². The number of rotatable bonds is 2. The maximum absolute atomic E-state index is 12.2. The molecular formula is C15H23N3O. The lowest BCUT2D eigenvalue weighted by atomic mass is 9.66. The second kappa shape index (κ2) is 4.88. The van der Waals surface area contributed by atoms with Crippen molar-refractivity contribution in [3.05, 3.63) is 0 Å². The van der Waals surface area contributed by atoms with Crippen molar-refractivity contribution in [1.29, 1.82) is 0 Å². The van der Waals surface area contributed by atoms with Crippen LogP contribution in [0.2, 0.25) is 0 Å². The molecule has 0 aromatic rings. The standard InChI is InChI=1S/C15H23N3O/c1-5-11(4)18-14(19)17-13(16)15(18)9-7-6-8-12(15)10(2)3/h1,10-12H,6-9H2,2-4H3,(H2,16,17,19). The SMILES string of the molecule is C#CC(C)N1C(=O)N=C(N)C12CCCCC2C(C)C. The van der Waals surface area contributed by atoms with Gasteiger partial charge in [0, 0.05) is 0 Å². The maximum atomic E-state index is 12.2. The molecule has 3 unspecified atom stereocenters. The van der Waals surface area contributed by atoms with Gasteiger partial charge in [-0.05, 0) is 31.6 Å². The Morgan fingerprint density at radius 3 is 2.74 bits per heavy atom. The van der Waals surface area contributed by atoms with E-state index in [0.29, 0.717) is 17.7 Å². The maximum Gasteiger partial charge on any atom is 0.347 e. The molecule has 1 aliphatic carbocycles. The van der Waals surface area contributed by atoms with Crippen LogP contribution < -0.4 is 5.73 Å². The van der Waals surface area contributed by atoms with Crippen LogP contribution in [0.25, 0.3) is 0 Å². The van der Waals surface area contributed by atoms with Gasteiger partial charge in [-0.1, -0.05) is 32.6 Å². The summed E-state index contributed by atoms with van der Waals surface area (Å²) in [7, 11) is 0. The minimum Gasteiger partial charge on any atom is -0.385 e. The zero-order chi connectivity index (χ0) is 14.2. The van der Waals surface area contributed by atoms with E-state index < -0.39 is 5.54 Å². The summed E-state index contributed by atoms with van der Waals surface area (Å²) < 4.78 is 0. The summed E-state index contributed by atoms with van der Waals surface area (Å²) in [6.45, 7) is 6.25. The topological polar surface area (TPSA) is 58.7 Å². The minimum atomic E-state index is -0.449. The van der Waals surface area contributed by atoms with Gasteiger partial charge in [0.05, 0.1) is 6.04 Å². The van der Waals surface area contributed by atoms with Crippen molar-refractivity contribution in [2.75, 3.05) is 0 Å². The molecule has 1 aliphatic heterocycles. The number of nitrogens with zero attached hydrogens (tertiary/aromatic N) is 2. The normalized spacial score (nSPS) is 32.6. The summed E-state index contributed by atoms with van der Waals surface area (Å²) in [5, 5.41) is 0. The van der Waals surface area contributed by atoms with E-state index in [1.54, 1.807) is 4.90 Å². The summed E-state index contributed by atoms with van der Waals surface area (Å²) >= 11 is 0. The van der Waals surface area contributed by atoms with E-state index in [2.05, 4.69) is 24.8 Å². The number of carbonyl (C=O) groups is 1. The third kappa shape index (κ3) is 1.92.